The number of nitrogens with zero attached hydrogens (tertiary/aromatic N) is 4. The second-order valence-corrected chi connectivity index (χ2v) is 3.76. The minimum atomic E-state index is 0.0889. The summed E-state index contributed by atoms with van der Waals surface area (Å²) >= 11 is 0. The maximum absolute atomic E-state index is 11.5. The molecule has 1 aromatic rings. The van der Waals surface area contributed by atoms with Gasteiger partial charge < -0.3 is 10.0 Å². The van der Waals surface area contributed by atoms with Crippen LogP contribution in [0.1, 0.15) is 6.42 Å². The first-order valence-electron chi connectivity index (χ1n) is 5.02. The molecule has 0 spiro atoms. The summed E-state index contributed by atoms with van der Waals surface area (Å²) in [5, 5.41) is 16.5. The van der Waals surface area contributed by atoms with Crippen molar-refractivity contribution in [2.45, 2.75) is 13.0 Å². The molecule has 1 aromatic heterocycles. The lowest BCUT2D eigenvalue weighted by molar-refractivity contribution is -0.127. The molecule has 0 aromatic carbocycles. The topological polar surface area (TPSA) is 71.2 Å². The van der Waals surface area contributed by atoms with E-state index >= 15 is 0 Å². The van der Waals surface area contributed by atoms with Gasteiger partial charge in [0, 0.05) is 38.2 Å². The molecule has 2 rings (SSSR count). The van der Waals surface area contributed by atoms with E-state index in [-0.39, 0.29) is 18.4 Å². The molecule has 1 aliphatic heterocycles. The van der Waals surface area contributed by atoms with Crippen molar-refractivity contribution in [3.63, 3.8) is 0 Å². The van der Waals surface area contributed by atoms with Crippen LogP contribution >= 0.6 is 0 Å². The first-order chi connectivity index (χ1) is 7.29. The van der Waals surface area contributed by atoms with Gasteiger partial charge in [-0.3, -0.25) is 9.48 Å². The monoisotopic (exact) mass is 210 g/mol. The quantitative estimate of drug-likeness (QED) is 0.700. The number of aromatic nitrogens is 3. The Balaban J connectivity index is 1.83. The molecule has 1 fully saturated rings. The van der Waals surface area contributed by atoms with Crippen molar-refractivity contribution in [1.82, 2.24) is 19.9 Å². The Hall–Kier alpha value is -1.43. The molecule has 1 N–H and O–H groups in total. The van der Waals surface area contributed by atoms with E-state index in [1.807, 2.05) is 0 Å². The third kappa shape index (κ3) is 2.33. The van der Waals surface area contributed by atoms with Crippen LogP contribution in [0, 0.1) is 5.92 Å². The molecule has 0 radical (unpaired) electrons. The van der Waals surface area contributed by atoms with E-state index in [2.05, 4.69) is 10.3 Å². The molecular weight excluding hydrogens is 196 g/mol. The Morgan fingerprint density at radius 2 is 2.40 bits per heavy atom. The first-order valence-corrected chi connectivity index (χ1v) is 5.02. The maximum atomic E-state index is 11.5. The number of rotatable bonds is 4. The normalized spacial score (nSPS) is 21.3. The summed E-state index contributed by atoms with van der Waals surface area (Å²) in [6.07, 6.45) is 3.85. The molecule has 1 amide bonds. The molecule has 0 aliphatic carbocycles. The Bertz CT molecular complexity index is 325. The fourth-order valence-corrected chi connectivity index (χ4v) is 1.77. The van der Waals surface area contributed by atoms with Gasteiger partial charge in [0.15, 0.2) is 0 Å². The lowest BCUT2D eigenvalue weighted by Crippen LogP contribution is -2.29. The number of likely N-dealkylation sites (tertiary alicyclic amines) is 1. The number of amides is 1. The molecule has 1 atom stereocenters. The molecule has 0 saturated carbocycles. The lowest BCUT2D eigenvalue weighted by Gasteiger charge is -2.15. The highest BCUT2D eigenvalue weighted by molar-refractivity contribution is 5.78. The molecule has 1 saturated heterocycles. The van der Waals surface area contributed by atoms with E-state index in [0.29, 0.717) is 26.1 Å². The standard InChI is InChI=1S/C9H14N4O2/c14-7-8-5-9(15)12(6-8)3-4-13-2-1-10-11-13/h1-2,8,14H,3-7H2. The van der Waals surface area contributed by atoms with Gasteiger partial charge in [-0.15, -0.1) is 5.10 Å². The number of carbonyl (C=O) groups excluding carboxylic acids is 1. The van der Waals surface area contributed by atoms with Gasteiger partial charge in [0.05, 0.1) is 12.7 Å². The average molecular weight is 210 g/mol. The third-order valence-electron chi connectivity index (χ3n) is 2.62. The van der Waals surface area contributed by atoms with Crippen LogP contribution in [0.4, 0.5) is 0 Å². The van der Waals surface area contributed by atoms with Crippen molar-refractivity contribution < 1.29 is 9.90 Å². The maximum Gasteiger partial charge on any atom is 0.223 e. The van der Waals surface area contributed by atoms with Gasteiger partial charge in [-0.05, 0) is 0 Å². The zero-order chi connectivity index (χ0) is 10.7. The number of aliphatic hydroxyl groups excluding tert-OH is 1. The van der Waals surface area contributed by atoms with Crippen LogP contribution in [0.2, 0.25) is 0 Å². The van der Waals surface area contributed by atoms with Crippen molar-refractivity contribution >= 4 is 5.91 Å². The van der Waals surface area contributed by atoms with Crippen molar-refractivity contribution in [3.05, 3.63) is 12.4 Å². The van der Waals surface area contributed by atoms with E-state index in [4.69, 9.17) is 5.11 Å². The smallest absolute Gasteiger partial charge is 0.223 e. The zero-order valence-electron chi connectivity index (χ0n) is 8.41. The largest absolute Gasteiger partial charge is 0.396 e. The molecule has 2 heterocycles. The lowest BCUT2D eigenvalue weighted by atomic mass is 10.1. The van der Waals surface area contributed by atoms with Gasteiger partial charge >= 0.3 is 0 Å². The number of aliphatic hydroxyl groups is 1. The SMILES string of the molecule is O=C1CC(CO)CN1CCn1ccnn1. The second kappa shape index (κ2) is 4.39. The van der Waals surface area contributed by atoms with E-state index in [1.54, 1.807) is 22.0 Å². The zero-order valence-corrected chi connectivity index (χ0v) is 8.41. The van der Waals surface area contributed by atoms with Crippen LogP contribution in [0.25, 0.3) is 0 Å². The van der Waals surface area contributed by atoms with Gasteiger partial charge in [0.25, 0.3) is 0 Å². The van der Waals surface area contributed by atoms with Crippen LogP contribution in [0.3, 0.4) is 0 Å². The van der Waals surface area contributed by atoms with Crippen molar-refractivity contribution in [2.24, 2.45) is 5.92 Å². The van der Waals surface area contributed by atoms with Gasteiger partial charge in [-0.1, -0.05) is 5.21 Å². The third-order valence-corrected chi connectivity index (χ3v) is 2.62. The molecular formula is C9H14N4O2. The average Bonchev–Trinajstić information content (AvgIpc) is 2.84. The van der Waals surface area contributed by atoms with Gasteiger partial charge in [-0.2, -0.15) is 0 Å². The summed E-state index contributed by atoms with van der Waals surface area (Å²) in [6, 6.07) is 0. The van der Waals surface area contributed by atoms with Crippen molar-refractivity contribution in [1.29, 1.82) is 0 Å². The Kier molecular flexibility index (Phi) is 2.96. The summed E-state index contributed by atoms with van der Waals surface area (Å²) in [6.45, 7) is 2.04. The van der Waals surface area contributed by atoms with Gasteiger partial charge in [0.1, 0.15) is 0 Å². The number of hydrogen-bond donors (Lipinski definition) is 1. The molecule has 6 nitrogen and oxygen atoms in total. The molecule has 6 heteroatoms. The minimum Gasteiger partial charge on any atom is -0.396 e. The first kappa shape index (κ1) is 10.1. The minimum absolute atomic E-state index is 0.0889. The summed E-state index contributed by atoms with van der Waals surface area (Å²) in [7, 11) is 0. The van der Waals surface area contributed by atoms with E-state index in [9.17, 15) is 4.79 Å². The summed E-state index contributed by atoms with van der Waals surface area (Å²) in [5.41, 5.74) is 0. The summed E-state index contributed by atoms with van der Waals surface area (Å²) in [4.78, 5) is 13.2. The Morgan fingerprint density at radius 1 is 1.53 bits per heavy atom. The highest BCUT2D eigenvalue weighted by Crippen LogP contribution is 2.16. The summed E-state index contributed by atoms with van der Waals surface area (Å²) < 4.78 is 1.69. The Morgan fingerprint density at radius 3 is 3.00 bits per heavy atom. The van der Waals surface area contributed by atoms with Crippen molar-refractivity contribution in [3.8, 4) is 0 Å². The van der Waals surface area contributed by atoms with E-state index in [1.165, 1.54) is 0 Å². The fourth-order valence-electron chi connectivity index (χ4n) is 1.77. The molecule has 82 valence electrons. The van der Waals surface area contributed by atoms with Crippen LogP contribution < -0.4 is 0 Å². The predicted molar refractivity (Wildman–Crippen MR) is 51.8 cm³/mol. The van der Waals surface area contributed by atoms with E-state index in [0.717, 1.165) is 0 Å². The fraction of sp³-hybridized carbons (Fsp3) is 0.667. The highest BCUT2D eigenvalue weighted by atomic mass is 16.3. The van der Waals surface area contributed by atoms with Crippen LogP contribution in [-0.4, -0.2) is 50.6 Å². The molecule has 1 aliphatic rings. The summed E-state index contributed by atoms with van der Waals surface area (Å²) in [5.74, 6) is 0.224. The predicted octanol–water partition coefficient (Wildman–Crippen LogP) is -0.881. The molecule has 15 heavy (non-hydrogen) atoms. The highest BCUT2D eigenvalue weighted by Gasteiger charge is 2.28. The molecule has 1 unspecified atom stereocenters. The van der Waals surface area contributed by atoms with Crippen LogP contribution in [-0.2, 0) is 11.3 Å². The molecule has 0 bridgehead atoms. The van der Waals surface area contributed by atoms with Crippen LogP contribution in [0.15, 0.2) is 12.4 Å². The van der Waals surface area contributed by atoms with Crippen molar-refractivity contribution in [2.75, 3.05) is 19.7 Å². The van der Waals surface area contributed by atoms with E-state index < -0.39 is 0 Å². The Labute approximate surface area is 87.5 Å². The number of carbonyl (C=O) groups is 1. The van der Waals surface area contributed by atoms with Gasteiger partial charge in [0.2, 0.25) is 5.91 Å². The second-order valence-electron chi connectivity index (χ2n) is 3.76. The number of hydrogen-bond acceptors (Lipinski definition) is 4. The van der Waals surface area contributed by atoms with Gasteiger partial charge in [-0.25, -0.2) is 0 Å². The van der Waals surface area contributed by atoms with Crippen LogP contribution in [0.5, 0.6) is 0 Å².